The summed E-state index contributed by atoms with van der Waals surface area (Å²) in [5.41, 5.74) is 1.42. The van der Waals surface area contributed by atoms with Gasteiger partial charge in [-0.1, -0.05) is 30.3 Å². The third-order valence-electron chi connectivity index (χ3n) is 2.82. The molecule has 0 radical (unpaired) electrons. The molecule has 0 saturated carbocycles. The van der Waals surface area contributed by atoms with E-state index in [1.54, 1.807) is 0 Å². The summed E-state index contributed by atoms with van der Waals surface area (Å²) in [6.45, 7) is -0.202. The molecule has 0 unspecified atom stereocenters. The van der Waals surface area contributed by atoms with Crippen LogP contribution >= 0.6 is 0 Å². The van der Waals surface area contributed by atoms with Crippen molar-refractivity contribution in [3.8, 4) is 6.07 Å². The first kappa shape index (κ1) is 13.7. The Hall–Kier alpha value is -2.71. The number of aliphatic hydroxyl groups excluding tert-OH is 1. The number of pyridine rings is 1. The second-order valence-electron chi connectivity index (χ2n) is 4.16. The highest BCUT2D eigenvalue weighted by Crippen LogP contribution is 2.12. The van der Waals surface area contributed by atoms with Crippen molar-refractivity contribution in [1.82, 2.24) is 10.3 Å². The van der Waals surface area contributed by atoms with E-state index in [-0.39, 0.29) is 12.3 Å². The van der Waals surface area contributed by atoms with Crippen LogP contribution in [0.3, 0.4) is 0 Å². The quantitative estimate of drug-likeness (QED) is 0.877. The van der Waals surface area contributed by atoms with Crippen LogP contribution in [0.25, 0.3) is 0 Å². The smallest absolute Gasteiger partial charge is 0.270 e. The van der Waals surface area contributed by atoms with Gasteiger partial charge in [-0.3, -0.25) is 4.79 Å². The summed E-state index contributed by atoms with van der Waals surface area (Å²) >= 11 is 0. The third kappa shape index (κ3) is 3.19. The maximum Gasteiger partial charge on any atom is 0.270 e. The lowest BCUT2D eigenvalue weighted by molar-refractivity contribution is 0.0911. The van der Waals surface area contributed by atoms with Crippen LogP contribution in [0.1, 0.15) is 27.7 Å². The van der Waals surface area contributed by atoms with Crippen LogP contribution in [0, 0.1) is 11.3 Å². The van der Waals surface area contributed by atoms with Gasteiger partial charge in [-0.2, -0.15) is 5.26 Å². The predicted octanol–water partition coefficient (Wildman–Crippen LogP) is 1.42. The van der Waals surface area contributed by atoms with E-state index in [2.05, 4.69) is 10.3 Å². The van der Waals surface area contributed by atoms with Gasteiger partial charge in [0.15, 0.2) is 0 Å². The molecule has 5 heteroatoms. The number of rotatable bonds is 4. The standard InChI is InChI=1S/C15H13N3O2/c16-8-11-6-7-13(17-9-11)15(20)18-14(10-19)12-4-2-1-3-5-12/h1-7,9,14,19H,10H2,(H,18,20)/t14-/m0/s1. The monoisotopic (exact) mass is 267 g/mol. The molecule has 1 aromatic carbocycles. The van der Waals surface area contributed by atoms with E-state index in [0.29, 0.717) is 5.56 Å². The Morgan fingerprint density at radius 3 is 2.60 bits per heavy atom. The number of amides is 1. The Morgan fingerprint density at radius 1 is 1.30 bits per heavy atom. The fourth-order valence-electron chi connectivity index (χ4n) is 1.75. The van der Waals surface area contributed by atoms with Gasteiger partial charge in [0.05, 0.1) is 18.2 Å². The summed E-state index contributed by atoms with van der Waals surface area (Å²) in [5.74, 6) is -0.391. The molecule has 0 bridgehead atoms. The SMILES string of the molecule is N#Cc1ccc(C(=O)N[C@@H](CO)c2ccccc2)nc1. The van der Waals surface area contributed by atoms with Crippen LogP contribution in [0.5, 0.6) is 0 Å². The Bertz CT molecular complexity index is 618. The van der Waals surface area contributed by atoms with Gasteiger partial charge in [0.1, 0.15) is 11.8 Å². The molecular weight excluding hydrogens is 254 g/mol. The molecule has 2 rings (SSSR count). The zero-order valence-corrected chi connectivity index (χ0v) is 10.7. The van der Waals surface area contributed by atoms with E-state index in [4.69, 9.17) is 5.26 Å². The van der Waals surface area contributed by atoms with Gasteiger partial charge in [-0.25, -0.2) is 4.98 Å². The number of nitrogens with one attached hydrogen (secondary N) is 1. The number of carbonyl (C=O) groups is 1. The van der Waals surface area contributed by atoms with Crippen molar-refractivity contribution in [2.24, 2.45) is 0 Å². The summed E-state index contributed by atoms with van der Waals surface area (Å²) in [6, 6.07) is 13.6. The second-order valence-corrected chi connectivity index (χ2v) is 4.16. The number of aliphatic hydroxyl groups is 1. The first-order valence-electron chi connectivity index (χ1n) is 6.07. The van der Waals surface area contributed by atoms with Gasteiger partial charge in [0.25, 0.3) is 5.91 Å². The van der Waals surface area contributed by atoms with Gasteiger partial charge in [-0.15, -0.1) is 0 Å². The van der Waals surface area contributed by atoms with Crippen molar-refractivity contribution in [2.45, 2.75) is 6.04 Å². The number of hydrogen-bond acceptors (Lipinski definition) is 4. The minimum Gasteiger partial charge on any atom is -0.394 e. The topological polar surface area (TPSA) is 86.0 Å². The highest BCUT2D eigenvalue weighted by molar-refractivity contribution is 5.92. The largest absolute Gasteiger partial charge is 0.394 e. The van der Waals surface area contributed by atoms with Crippen molar-refractivity contribution in [1.29, 1.82) is 5.26 Å². The lowest BCUT2D eigenvalue weighted by Crippen LogP contribution is -2.31. The maximum absolute atomic E-state index is 12.0. The van der Waals surface area contributed by atoms with E-state index in [0.717, 1.165) is 5.56 Å². The van der Waals surface area contributed by atoms with E-state index in [1.807, 2.05) is 36.4 Å². The van der Waals surface area contributed by atoms with E-state index in [1.165, 1.54) is 18.3 Å². The van der Waals surface area contributed by atoms with Crippen LogP contribution in [0.15, 0.2) is 48.7 Å². The van der Waals surface area contributed by atoms with Crippen molar-refractivity contribution >= 4 is 5.91 Å². The normalized spacial score (nSPS) is 11.4. The molecule has 2 N–H and O–H groups in total. The molecule has 100 valence electrons. The van der Waals surface area contributed by atoms with Crippen molar-refractivity contribution < 1.29 is 9.90 Å². The summed E-state index contributed by atoms with van der Waals surface area (Å²) < 4.78 is 0. The molecule has 0 aliphatic carbocycles. The average Bonchev–Trinajstić information content (AvgIpc) is 2.53. The third-order valence-corrected chi connectivity index (χ3v) is 2.82. The fraction of sp³-hybridized carbons (Fsp3) is 0.133. The lowest BCUT2D eigenvalue weighted by atomic mass is 10.1. The lowest BCUT2D eigenvalue weighted by Gasteiger charge is -2.16. The minimum atomic E-state index is -0.485. The predicted molar refractivity (Wildman–Crippen MR) is 72.7 cm³/mol. The number of aromatic nitrogens is 1. The van der Waals surface area contributed by atoms with Gasteiger partial charge in [-0.05, 0) is 17.7 Å². The first-order chi connectivity index (χ1) is 9.74. The highest BCUT2D eigenvalue weighted by Gasteiger charge is 2.15. The number of nitriles is 1. The zero-order valence-electron chi connectivity index (χ0n) is 10.7. The number of hydrogen-bond donors (Lipinski definition) is 2. The minimum absolute atomic E-state index is 0.202. The van der Waals surface area contributed by atoms with Crippen LogP contribution in [-0.4, -0.2) is 22.6 Å². The van der Waals surface area contributed by atoms with Crippen molar-refractivity contribution in [2.75, 3.05) is 6.61 Å². The fourth-order valence-corrected chi connectivity index (χ4v) is 1.75. The van der Waals surface area contributed by atoms with E-state index < -0.39 is 11.9 Å². The van der Waals surface area contributed by atoms with Crippen LogP contribution in [-0.2, 0) is 0 Å². The van der Waals surface area contributed by atoms with Gasteiger partial charge in [0.2, 0.25) is 0 Å². The van der Waals surface area contributed by atoms with Crippen molar-refractivity contribution in [3.05, 3.63) is 65.5 Å². The van der Waals surface area contributed by atoms with Gasteiger partial charge >= 0.3 is 0 Å². The average molecular weight is 267 g/mol. The molecule has 0 spiro atoms. The molecule has 0 aliphatic rings. The number of benzene rings is 1. The summed E-state index contributed by atoms with van der Waals surface area (Å²) in [4.78, 5) is 15.9. The van der Waals surface area contributed by atoms with Crippen LogP contribution in [0.2, 0.25) is 0 Å². The Balaban J connectivity index is 2.11. The van der Waals surface area contributed by atoms with E-state index in [9.17, 15) is 9.90 Å². The maximum atomic E-state index is 12.0. The summed E-state index contributed by atoms with van der Waals surface area (Å²) in [5, 5.41) is 20.8. The molecule has 0 aliphatic heterocycles. The summed E-state index contributed by atoms with van der Waals surface area (Å²) in [6.07, 6.45) is 1.34. The molecular formula is C15H13N3O2. The Morgan fingerprint density at radius 2 is 2.05 bits per heavy atom. The molecule has 1 aromatic heterocycles. The summed E-state index contributed by atoms with van der Waals surface area (Å²) in [7, 11) is 0. The molecule has 5 nitrogen and oxygen atoms in total. The van der Waals surface area contributed by atoms with Gasteiger partial charge < -0.3 is 10.4 Å². The van der Waals surface area contributed by atoms with Crippen LogP contribution in [0.4, 0.5) is 0 Å². The number of carbonyl (C=O) groups excluding carboxylic acids is 1. The van der Waals surface area contributed by atoms with Crippen molar-refractivity contribution in [3.63, 3.8) is 0 Å². The Kier molecular flexibility index (Phi) is 4.43. The second kappa shape index (κ2) is 6.45. The van der Waals surface area contributed by atoms with Crippen LogP contribution < -0.4 is 5.32 Å². The molecule has 1 atom stereocenters. The Labute approximate surface area is 116 Å². The number of nitrogens with zero attached hydrogens (tertiary/aromatic N) is 2. The van der Waals surface area contributed by atoms with Gasteiger partial charge in [0, 0.05) is 6.20 Å². The molecule has 2 aromatic rings. The molecule has 0 fully saturated rings. The first-order valence-corrected chi connectivity index (χ1v) is 6.07. The molecule has 1 heterocycles. The zero-order chi connectivity index (χ0) is 14.4. The van der Waals surface area contributed by atoms with E-state index >= 15 is 0 Å². The highest BCUT2D eigenvalue weighted by atomic mass is 16.3. The molecule has 20 heavy (non-hydrogen) atoms. The molecule has 0 saturated heterocycles. The molecule has 1 amide bonds.